The number of halogens is 2. The zero-order valence-electron chi connectivity index (χ0n) is 12.0. The summed E-state index contributed by atoms with van der Waals surface area (Å²) in [5.41, 5.74) is 1.13. The van der Waals surface area contributed by atoms with Crippen molar-refractivity contribution in [3.63, 3.8) is 0 Å². The highest BCUT2D eigenvalue weighted by Crippen LogP contribution is 2.17. The number of nitrogens with one attached hydrogen (secondary N) is 1. The number of ether oxygens (including phenoxy) is 1. The zero-order chi connectivity index (χ0) is 15.8. The van der Waals surface area contributed by atoms with Gasteiger partial charge in [-0.15, -0.1) is 0 Å². The average Bonchev–Trinajstić information content (AvgIpc) is 2.51. The molecule has 0 fully saturated rings. The van der Waals surface area contributed by atoms with Crippen molar-refractivity contribution in [3.05, 3.63) is 63.6 Å². The van der Waals surface area contributed by atoms with Crippen LogP contribution < -0.4 is 10.1 Å². The summed E-state index contributed by atoms with van der Waals surface area (Å²) in [5, 5.41) is 3.48. The first-order chi connectivity index (χ1) is 10.6. The molecule has 1 amide bonds. The second kappa shape index (κ2) is 8.81. The van der Waals surface area contributed by atoms with Crippen LogP contribution in [0.1, 0.15) is 12.0 Å². The highest BCUT2D eigenvalue weighted by molar-refractivity contribution is 9.10. The van der Waals surface area contributed by atoms with Gasteiger partial charge in [-0.05, 0) is 36.2 Å². The molecule has 0 bridgehead atoms. The number of carbonyl (C=O) groups excluding carboxylic acids is 1. The Bertz CT molecular complexity index is 634. The summed E-state index contributed by atoms with van der Waals surface area (Å²) in [6.07, 6.45) is 1.17. The molecule has 0 saturated heterocycles. The predicted molar refractivity (Wildman–Crippen MR) is 92.4 cm³/mol. The van der Waals surface area contributed by atoms with Gasteiger partial charge in [0.2, 0.25) is 5.91 Å². The Labute approximate surface area is 143 Å². The molecule has 0 aliphatic rings. The van der Waals surface area contributed by atoms with E-state index in [-0.39, 0.29) is 5.91 Å². The lowest BCUT2D eigenvalue weighted by Crippen LogP contribution is -2.28. The molecule has 5 heteroatoms. The van der Waals surface area contributed by atoms with Gasteiger partial charge in [-0.1, -0.05) is 51.8 Å². The zero-order valence-corrected chi connectivity index (χ0v) is 14.4. The van der Waals surface area contributed by atoms with Gasteiger partial charge in [-0.25, -0.2) is 0 Å². The fourth-order valence-corrected chi connectivity index (χ4v) is 2.62. The molecule has 116 valence electrons. The fourth-order valence-electron chi connectivity index (χ4n) is 1.95. The Kier molecular flexibility index (Phi) is 6.74. The van der Waals surface area contributed by atoms with Crippen LogP contribution in [-0.2, 0) is 11.2 Å². The van der Waals surface area contributed by atoms with Crippen molar-refractivity contribution in [1.29, 1.82) is 0 Å². The third kappa shape index (κ3) is 5.70. The largest absolute Gasteiger partial charge is 0.492 e. The lowest BCUT2D eigenvalue weighted by Gasteiger charge is -2.08. The number of rotatable bonds is 7. The average molecular weight is 383 g/mol. The molecule has 22 heavy (non-hydrogen) atoms. The van der Waals surface area contributed by atoms with E-state index in [4.69, 9.17) is 16.3 Å². The fraction of sp³-hybridized carbons (Fsp3) is 0.235. The van der Waals surface area contributed by atoms with Crippen LogP contribution in [0.4, 0.5) is 0 Å². The Morgan fingerprint density at radius 3 is 2.77 bits per heavy atom. The van der Waals surface area contributed by atoms with Crippen LogP contribution in [0.15, 0.2) is 53.0 Å². The van der Waals surface area contributed by atoms with Gasteiger partial charge in [0.1, 0.15) is 12.4 Å². The molecule has 0 saturated carbocycles. The Hall–Kier alpha value is -1.52. The molecule has 1 N–H and O–H groups in total. The number of benzene rings is 2. The minimum Gasteiger partial charge on any atom is -0.492 e. The summed E-state index contributed by atoms with van der Waals surface area (Å²) in [4.78, 5) is 11.8. The van der Waals surface area contributed by atoms with Gasteiger partial charge in [0.25, 0.3) is 0 Å². The first kappa shape index (κ1) is 16.8. The lowest BCUT2D eigenvalue weighted by molar-refractivity contribution is -0.121. The summed E-state index contributed by atoms with van der Waals surface area (Å²) in [6.45, 7) is 0.891. The van der Waals surface area contributed by atoms with Gasteiger partial charge in [-0.3, -0.25) is 4.79 Å². The van der Waals surface area contributed by atoms with Gasteiger partial charge >= 0.3 is 0 Å². The Morgan fingerprint density at radius 1 is 1.18 bits per heavy atom. The number of aryl methyl sites for hydroxylation is 1. The van der Waals surface area contributed by atoms with Crippen molar-refractivity contribution in [2.45, 2.75) is 12.8 Å². The summed E-state index contributed by atoms with van der Waals surface area (Å²) in [5.74, 6) is 0.723. The second-order valence-electron chi connectivity index (χ2n) is 4.75. The molecular weight excluding hydrogens is 366 g/mol. The molecule has 0 radical (unpaired) electrons. The Balaban J connectivity index is 1.65. The molecule has 0 heterocycles. The monoisotopic (exact) mass is 381 g/mol. The van der Waals surface area contributed by atoms with Crippen molar-refractivity contribution >= 4 is 33.4 Å². The van der Waals surface area contributed by atoms with Crippen molar-refractivity contribution < 1.29 is 9.53 Å². The summed E-state index contributed by atoms with van der Waals surface area (Å²) in [6, 6.07) is 15.1. The summed E-state index contributed by atoms with van der Waals surface area (Å²) >= 11 is 9.35. The van der Waals surface area contributed by atoms with Crippen LogP contribution in [0.25, 0.3) is 0 Å². The van der Waals surface area contributed by atoms with Crippen LogP contribution in [0.2, 0.25) is 5.02 Å². The van der Waals surface area contributed by atoms with Gasteiger partial charge in [0, 0.05) is 15.9 Å². The van der Waals surface area contributed by atoms with Gasteiger partial charge in [0.15, 0.2) is 0 Å². The summed E-state index contributed by atoms with van der Waals surface area (Å²) < 4.78 is 6.55. The highest BCUT2D eigenvalue weighted by Gasteiger charge is 2.04. The normalized spacial score (nSPS) is 10.3. The van der Waals surface area contributed by atoms with E-state index in [1.54, 1.807) is 12.1 Å². The van der Waals surface area contributed by atoms with E-state index < -0.39 is 0 Å². The molecule has 0 unspecified atom stereocenters. The van der Waals surface area contributed by atoms with E-state index in [2.05, 4.69) is 21.2 Å². The molecule has 3 nitrogen and oxygen atoms in total. The van der Waals surface area contributed by atoms with E-state index in [0.29, 0.717) is 36.8 Å². The number of carbonyl (C=O) groups is 1. The first-order valence-electron chi connectivity index (χ1n) is 7.03. The van der Waals surface area contributed by atoms with Crippen molar-refractivity contribution in [2.75, 3.05) is 13.2 Å². The van der Waals surface area contributed by atoms with Crippen LogP contribution >= 0.6 is 27.5 Å². The topological polar surface area (TPSA) is 38.3 Å². The maximum Gasteiger partial charge on any atom is 0.220 e. The number of hydrogen-bond acceptors (Lipinski definition) is 2. The molecule has 0 aliphatic carbocycles. The van der Waals surface area contributed by atoms with Crippen LogP contribution in [-0.4, -0.2) is 19.1 Å². The highest BCUT2D eigenvalue weighted by atomic mass is 79.9. The second-order valence-corrected chi connectivity index (χ2v) is 6.04. The van der Waals surface area contributed by atoms with Gasteiger partial charge in [-0.2, -0.15) is 0 Å². The van der Waals surface area contributed by atoms with Gasteiger partial charge < -0.3 is 10.1 Å². The lowest BCUT2D eigenvalue weighted by atomic mass is 10.1. The first-order valence-corrected chi connectivity index (χ1v) is 8.21. The van der Waals surface area contributed by atoms with E-state index in [1.165, 1.54) is 0 Å². The van der Waals surface area contributed by atoms with Gasteiger partial charge in [0.05, 0.1) is 6.54 Å². The van der Waals surface area contributed by atoms with Crippen molar-refractivity contribution in [1.82, 2.24) is 5.32 Å². The minimum atomic E-state index is 0.0189. The SMILES string of the molecule is O=C(CCc1ccccc1Br)NCCOc1cccc(Cl)c1. The summed E-state index contributed by atoms with van der Waals surface area (Å²) in [7, 11) is 0. The molecule has 2 aromatic carbocycles. The van der Waals surface area contributed by atoms with E-state index in [9.17, 15) is 4.79 Å². The Morgan fingerprint density at radius 2 is 2.00 bits per heavy atom. The van der Waals surface area contributed by atoms with E-state index in [1.807, 2.05) is 36.4 Å². The quantitative estimate of drug-likeness (QED) is 0.728. The van der Waals surface area contributed by atoms with Crippen LogP contribution in [0.5, 0.6) is 5.75 Å². The number of amides is 1. The van der Waals surface area contributed by atoms with Crippen molar-refractivity contribution in [3.8, 4) is 5.75 Å². The number of hydrogen-bond donors (Lipinski definition) is 1. The van der Waals surface area contributed by atoms with Crippen molar-refractivity contribution in [2.24, 2.45) is 0 Å². The standard InChI is InChI=1S/C17H17BrClNO2/c18-16-7-2-1-4-13(16)8-9-17(21)20-10-11-22-15-6-3-5-14(19)12-15/h1-7,12H,8-11H2,(H,20,21). The maximum atomic E-state index is 11.8. The third-order valence-electron chi connectivity index (χ3n) is 3.07. The smallest absolute Gasteiger partial charge is 0.220 e. The predicted octanol–water partition coefficient (Wildman–Crippen LogP) is 4.23. The maximum absolute atomic E-state index is 11.8. The van der Waals surface area contributed by atoms with E-state index in [0.717, 1.165) is 10.0 Å². The molecular formula is C17H17BrClNO2. The third-order valence-corrected chi connectivity index (χ3v) is 4.08. The molecule has 2 aromatic rings. The molecule has 0 spiro atoms. The minimum absolute atomic E-state index is 0.0189. The van der Waals surface area contributed by atoms with Crippen LogP contribution in [0, 0.1) is 0 Å². The molecule has 0 aliphatic heterocycles. The molecule has 2 rings (SSSR count). The van der Waals surface area contributed by atoms with Crippen LogP contribution in [0.3, 0.4) is 0 Å². The molecule has 0 aromatic heterocycles. The van der Waals surface area contributed by atoms with E-state index >= 15 is 0 Å². The molecule has 0 atom stereocenters.